The molecule has 1 amide bonds. The maximum absolute atomic E-state index is 11.4. The van der Waals surface area contributed by atoms with E-state index in [0.717, 1.165) is 11.2 Å². The first kappa shape index (κ1) is 11.7. The summed E-state index contributed by atoms with van der Waals surface area (Å²) in [7, 11) is 0. The first-order valence-electron chi connectivity index (χ1n) is 5.68. The van der Waals surface area contributed by atoms with Crippen LogP contribution in [0, 0.1) is 0 Å². The molecule has 0 atom stereocenters. The number of hydrogen-bond donors (Lipinski definition) is 1. The van der Waals surface area contributed by atoms with Gasteiger partial charge >= 0.3 is 0 Å². The monoisotopic (exact) mass is 271 g/mol. The SMILES string of the molecule is NC(=O)c1cccc2c1ncn2-c1cccc(Cl)c1. The largest absolute Gasteiger partial charge is 0.366 e. The van der Waals surface area contributed by atoms with Crippen LogP contribution in [0.1, 0.15) is 10.4 Å². The summed E-state index contributed by atoms with van der Waals surface area (Å²) in [5, 5.41) is 0.644. The Morgan fingerprint density at radius 1 is 1.21 bits per heavy atom. The molecule has 3 rings (SSSR count). The van der Waals surface area contributed by atoms with Crippen molar-refractivity contribution in [2.75, 3.05) is 0 Å². The molecule has 0 saturated carbocycles. The number of carbonyl (C=O) groups is 1. The van der Waals surface area contributed by atoms with Gasteiger partial charge in [0.05, 0.1) is 11.1 Å². The number of para-hydroxylation sites is 1. The summed E-state index contributed by atoms with van der Waals surface area (Å²) in [5.41, 5.74) is 8.05. The van der Waals surface area contributed by atoms with Crippen molar-refractivity contribution >= 4 is 28.5 Å². The van der Waals surface area contributed by atoms with E-state index in [0.29, 0.717) is 16.1 Å². The predicted molar refractivity (Wildman–Crippen MR) is 74.6 cm³/mol. The maximum Gasteiger partial charge on any atom is 0.250 e. The van der Waals surface area contributed by atoms with Gasteiger partial charge in [0.25, 0.3) is 5.91 Å². The molecule has 4 nitrogen and oxygen atoms in total. The van der Waals surface area contributed by atoms with E-state index in [9.17, 15) is 4.79 Å². The minimum atomic E-state index is -0.484. The fraction of sp³-hybridized carbons (Fsp3) is 0. The van der Waals surface area contributed by atoms with Crippen molar-refractivity contribution in [3.63, 3.8) is 0 Å². The maximum atomic E-state index is 11.4. The Morgan fingerprint density at radius 3 is 2.74 bits per heavy atom. The summed E-state index contributed by atoms with van der Waals surface area (Å²) >= 11 is 5.99. The van der Waals surface area contributed by atoms with Crippen LogP contribution < -0.4 is 5.73 Å². The van der Waals surface area contributed by atoms with Gasteiger partial charge in [0.2, 0.25) is 0 Å². The minimum Gasteiger partial charge on any atom is -0.366 e. The van der Waals surface area contributed by atoms with Gasteiger partial charge in [0.1, 0.15) is 11.8 Å². The highest BCUT2D eigenvalue weighted by Gasteiger charge is 2.11. The van der Waals surface area contributed by atoms with Crippen molar-refractivity contribution in [1.29, 1.82) is 0 Å². The van der Waals surface area contributed by atoms with Crippen LogP contribution in [0.5, 0.6) is 0 Å². The van der Waals surface area contributed by atoms with Crippen molar-refractivity contribution in [3.05, 3.63) is 59.4 Å². The van der Waals surface area contributed by atoms with Gasteiger partial charge in [0.15, 0.2) is 0 Å². The molecule has 19 heavy (non-hydrogen) atoms. The summed E-state index contributed by atoms with van der Waals surface area (Å²) in [6.45, 7) is 0. The molecule has 0 radical (unpaired) electrons. The average Bonchev–Trinajstić information content (AvgIpc) is 2.82. The summed E-state index contributed by atoms with van der Waals surface area (Å²) < 4.78 is 1.87. The lowest BCUT2D eigenvalue weighted by molar-refractivity contribution is 0.100. The molecular weight excluding hydrogens is 262 g/mol. The lowest BCUT2D eigenvalue weighted by atomic mass is 10.1. The lowest BCUT2D eigenvalue weighted by Crippen LogP contribution is -2.11. The molecule has 0 fully saturated rings. The van der Waals surface area contributed by atoms with Gasteiger partial charge in [0, 0.05) is 10.7 Å². The molecule has 0 bridgehead atoms. The van der Waals surface area contributed by atoms with Gasteiger partial charge in [-0.25, -0.2) is 4.98 Å². The highest BCUT2D eigenvalue weighted by Crippen LogP contribution is 2.22. The summed E-state index contributed by atoms with van der Waals surface area (Å²) in [6, 6.07) is 12.8. The second-order valence-corrected chi connectivity index (χ2v) is 4.57. The standard InChI is InChI=1S/C14H10ClN3O/c15-9-3-1-4-10(7-9)18-8-17-13-11(14(16)19)5-2-6-12(13)18/h1-8H,(H2,16,19). The van der Waals surface area contributed by atoms with Crippen LogP contribution in [0.3, 0.4) is 0 Å². The first-order chi connectivity index (χ1) is 9.16. The molecule has 3 aromatic rings. The van der Waals surface area contributed by atoms with Crippen LogP contribution in [0.25, 0.3) is 16.7 Å². The third-order valence-corrected chi connectivity index (χ3v) is 3.16. The highest BCUT2D eigenvalue weighted by atomic mass is 35.5. The van der Waals surface area contributed by atoms with Crippen molar-refractivity contribution < 1.29 is 4.79 Å². The Kier molecular flexibility index (Phi) is 2.72. The number of aromatic nitrogens is 2. The van der Waals surface area contributed by atoms with E-state index in [-0.39, 0.29) is 0 Å². The van der Waals surface area contributed by atoms with Gasteiger partial charge in [-0.05, 0) is 30.3 Å². The third-order valence-electron chi connectivity index (χ3n) is 2.93. The first-order valence-corrected chi connectivity index (χ1v) is 6.06. The predicted octanol–water partition coefficient (Wildman–Crippen LogP) is 2.78. The zero-order chi connectivity index (χ0) is 13.4. The molecule has 2 aromatic carbocycles. The van der Waals surface area contributed by atoms with E-state index in [1.807, 2.05) is 28.8 Å². The minimum absolute atomic E-state index is 0.415. The Hall–Kier alpha value is -2.33. The smallest absolute Gasteiger partial charge is 0.250 e. The number of nitrogens with two attached hydrogens (primary N) is 1. The molecule has 0 aliphatic rings. The Labute approximate surface area is 114 Å². The van der Waals surface area contributed by atoms with Crippen molar-refractivity contribution in [3.8, 4) is 5.69 Å². The lowest BCUT2D eigenvalue weighted by Gasteiger charge is -2.05. The molecule has 1 heterocycles. The number of hydrogen-bond acceptors (Lipinski definition) is 2. The van der Waals surface area contributed by atoms with Gasteiger partial charge < -0.3 is 5.73 Å². The number of carbonyl (C=O) groups excluding carboxylic acids is 1. The number of rotatable bonds is 2. The Bertz CT molecular complexity index is 779. The van der Waals surface area contributed by atoms with Crippen LogP contribution in [0.4, 0.5) is 0 Å². The van der Waals surface area contributed by atoms with E-state index in [4.69, 9.17) is 17.3 Å². The van der Waals surface area contributed by atoms with Crippen molar-refractivity contribution in [2.24, 2.45) is 5.73 Å². The van der Waals surface area contributed by atoms with Gasteiger partial charge in [-0.2, -0.15) is 0 Å². The van der Waals surface area contributed by atoms with Gasteiger partial charge in [-0.15, -0.1) is 0 Å². The molecule has 1 aromatic heterocycles. The highest BCUT2D eigenvalue weighted by molar-refractivity contribution is 6.30. The molecular formula is C14H10ClN3O. The zero-order valence-corrected chi connectivity index (χ0v) is 10.6. The van der Waals surface area contributed by atoms with Crippen LogP contribution in [-0.4, -0.2) is 15.5 Å². The number of imidazole rings is 1. The molecule has 0 aliphatic carbocycles. The summed E-state index contributed by atoms with van der Waals surface area (Å²) in [6.07, 6.45) is 1.66. The molecule has 0 aliphatic heterocycles. The average molecular weight is 272 g/mol. The third kappa shape index (κ3) is 1.96. The van der Waals surface area contributed by atoms with Crippen LogP contribution in [0.2, 0.25) is 5.02 Å². The fourth-order valence-corrected chi connectivity index (χ4v) is 2.25. The van der Waals surface area contributed by atoms with Gasteiger partial charge in [-0.3, -0.25) is 9.36 Å². The zero-order valence-electron chi connectivity index (χ0n) is 9.88. The molecule has 0 unspecified atom stereocenters. The van der Waals surface area contributed by atoms with E-state index in [2.05, 4.69) is 4.98 Å². The van der Waals surface area contributed by atoms with Crippen molar-refractivity contribution in [2.45, 2.75) is 0 Å². The fourth-order valence-electron chi connectivity index (χ4n) is 2.07. The van der Waals surface area contributed by atoms with E-state index in [1.54, 1.807) is 24.5 Å². The number of amides is 1. The number of primary amides is 1. The normalized spacial score (nSPS) is 10.8. The topological polar surface area (TPSA) is 60.9 Å². The van der Waals surface area contributed by atoms with Crippen molar-refractivity contribution in [1.82, 2.24) is 9.55 Å². The molecule has 94 valence electrons. The van der Waals surface area contributed by atoms with Gasteiger partial charge in [-0.1, -0.05) is 23.7 Å². The molecule has 0 saturated heterocycles. The summed E-state index contributed by atoms with van der Waals surface area (Å²) in [4.78, 5) is 15.6. The quantitative estimate of drug-likeness (QED) is 0.779. The van der Waals surface area contributed by atoms with E-state index in [1.165, 1.54) is 0 Å². The number of fused-ring (bicyclic) bond motifs is 1. The number of halogens is 1. The van der Waals surface area contributed by atoms with Crippen LogP contribution in [0.15, 0.2) is 48.8 Å². The molecule has 2 N–H and O–H groups in total. The Balaban J connectivity index is 2.27. The van der Waals surface area contributed by atoms with E-state index >= 15 is 0 Å². The van der Waals surface area contributed by atoms with Crippen LogP contribution in [-0.2, 0) is 0 Å². The number of nitrogens with zero attached hydrogens (tertiary/aromatic N) is 2. The van der Waals surface area contributed by atoms with E-state index < -0.39 is 5.91 Å². The number of benzene rings is 2. The summed E-state index contributed by atoms with van der Waals surface area (Å²) in [5.74, 6) is -0.484. The molecule has 5 heteroatoms. The molecule has 0 spiro atoms. The van der Waals surface area contributed by atoms with Crippen LogP contribution >= 0.6 is 11.6 Å². The second-order valence-electron chi connectivity index (χ2n) is 4.13. The second kappa shape index (κ2) is 4.40. The Morgan fingerprint density at radius 2 is 2.00 bits per heavy atom.